The van der Waals surface area contributed by atoms with E-state index >= 15 is 0 Å². The summed E-state index contributed by atoms with van der Waals surface area (Å²) in [5, 5.41) is 0. The molecule has 70 valence electrons. The van der Waals surface area contributed by atoms with Gasteiger partial charge in [0.25, 0.3) is 0 Å². The minimum atomic E-state index is 0. The summed E-state index contributed by atoms with van der Waals surface area (Å²) in [6, 6.07) is 0. The summed E-state index contributed by atoms with van der Waals surface area (Å²) in [7, 11) is 0. The third kappa shape index (κ3) is 277. The van der Waals surface area contributed by atoms with Crippen LogP contribution in [-0.4, -0.2) is 0 Å². The molecular formula is C11H26. The van der Waals surface area contributed by atoms with Gasteiger partial charge in [0, 0.05) is 0 Å². The lowest BCUT2D eigenvalue weighted by Crippen LogP contribution is -1.60. The Morgan fingerprint density at radius 3 is 1.27 bits per heavy atom. The van der Waals surface area contributed by atoms with Crippen molar-refractivity contribution in [3.8, 4) is 0 Å². The van der Waals surface area contributed by atoms with E-state index in [2.05, 4.69) is 40.2 Å². The lowest BCUT2D eigenvalue weighted by Gasteiger charge is -1.81. The van der Waals surface area contributed by atoms with E-state index in [9.17, 15) is 0 Å². The predicted octanol–water partition coefficient (Wildman–Crippen LogP) is 4.70. The number of rotatable bonds is 2. The van der Waals surface area contributed by atoms with Gasteiger partial charge in [0.15, 0.2) is 0 Å². The summed E-state index contributed by atoms with van der Waals surface area (Å²) < 4.78 is 0. The second-order valence-corrected chi connectivity index (χ2v) is 1.06. The Kier molecular flexibility index (Phi) is 339. The average Bonchev–Trinajstić information content (AvgIpc) is 1.98. The van der Waals surface area contributed by atoms with Crippen LogP contribution in [-0.2, 0) is 0 Å². The highest BCUT2D eigenvalue weighted by atomic mass is 13.7. The molecule has 0 saturated heterocycles. The van der Waals surface area contributed by atoms with Gasteiger partial charge in [0.1, 0.15) is 0 Å². The number of hydrogen-bond donors (Lipinski definition) is 0. The summed E-state index contributed by atoms with van der Waals surface area (Å²) in [5.74, 6) is 0. The maximum atomic E-state index is 3.64. The van der Waals surface area contributed by atoms with Gasteiger partial charge in [0.2, 0.25) is 0 Å². The smallest absolute Gasteiger partial charge is 0.0826 e. The van der Waals surface area contributed by atoms with E-state index in [0.29, 0.717) is 0 Å². The SMILES string of the molecule is C.C.C=C.C=C.[CH2+]CCC[CH2-]. The minimum absolute atomic E-state index is 0. The topological polar surface area (TPSA) is 0 Å². The summed E-state index contributed by atoms with van der Waals surface area (Å²) in [6.07, 6.45) is 3.23. The Labute approximate surface area is 75.0 Å². The van der Waals surface area contributed by atoms with Crippen LogP contribution in [0.1, 0.15) is 34.1 Å². The van der Waals surface area contributed by atoms with Crippen molar-refractivity contribution < 1.29 is 0 Å². The molecule has 0 fully saturated rings. The molecule has 0 N–H and O–H groups in total. The second kappa shape index (κ2) is 118. The molecule has 0 heteroatoms. The first-order valence-electron chi connectivity index (χ1n) is 3.00. The van der Waals surface area contributed by atoms with Crippen molar-refractivity contribution in [2.24, 2.45) is 0 Å². The molecule has 0 aromatic rings. The van der Waals surface area contributed by atoms with E-state index < -0.39 is 0 Å². The Morgan fingerprint density at radius 2 is 1.27 bits per heavy atom. The van der Waals surface area contributed by atoms with Crippen LogP contribution in [0.3, 0.4) is 0 Å². The highest BCUT2D eigenvalue weighted by molar-refractivity contribution is 4.41. The molecule has 0 nitrogen and oxygen atoms in total. The van der Waals surface area contributed by atoms with Crippen molar-refractivity contribution in [1.82, 2.24) is 0 Å². The quantitative estimate of drug-likeness (QED) is 0.403. The van der Waals surface area contributed by atoms with E-state index in [1.807, 2.05) is 0 Å². The van der Waals surface area contributed by atoms with E-state index in [1.54, 1.807) is 0 Å². The number of hydrogen-bond acceptors (Lipinski definition) is 0. The zero-order chi connectivity index (χ0) is 8.12. The number of unbranched alkanes of at least 4 members (excludes halogenated alkanes) is 2. The molecule has 11 heavy (non-hydrogen) atoms. The van der Waals surface area contributed by atoms with E-state index in [0.717, 1.165) is 12.8 Å². The van der Waals surface area contributed by atoms with E-state index in [4.69, 9.17) is 0 Å². The van der Waals surface area contributed by atoms with Crippen LogP contribution in [0.4, 0.5) is 0 Å². The molecule has 0 aromatic carbocycles. The molecule has 0 heterocycles. The zero-order valence-corrected chi connectivity index (χ0v) is 6.36. The third-order valence-electron chi connectivity index (χ3n) is 0.500. The highest BCUT2D eigenvalue weighted by Gasteiger charge is 1.69. The van der Waals surface area contributed by atoms with Crippen molar-refractivity contribution in [2.75, 3.05) is 0 Å². The van der Waals surface area contributed by atoms with Crippen molar-refractivity contribution in [3.05, 3.63) is 40.2 Å². The maximum absolute atomic E-state index is 3.64. The van der Waals surface area contributed by atoms with Gasteiger partial charge < -0.3 is 6.92 Å². The molecule has 0 radical (unpaired) electrons. The van der Waals surface area contributed by atoms with E-state index in [1.165, 1.54) is 6.42 Å². The molecule has 0 aromatic heterocycles. The Balaban J connectivity index is -0.0000000178. The van der Waals surface area contributed by atoms with Crippen molar-refractivity contribution in [3.63, 3.8) is 0 Å². The molecule has 0 aliphatic rings. The maximum Gasteiger partial charge on any atom is 0.0826 e. The first-order chi connectivity index (χ1) is 4.41. The van der Waals surface area contributed by atoms with Gasteiger partial charge in [-0.2, -0.15) is 6.42 Å². The van der Waals surface area contributed by atoms with Crippen LogP contribution in [0, 0.1) is 13.8 Å². The fourth-order valence-electron chi connectivity index (χ4n) is 0.177. The first-order valence-corrected chi connectivity index (χ1v) is 3.00. The third-order valence-corrected chi connectivity index (χ3v) is 0.500. The summed E-state index contributed by atoms with van der Waals surface area (Å²) in [5.41, 5.74) is 0. The molecule has 0 amide bonds. The lowest BCUT2D eigenvalue weighted by atomic mass is 10.3. The molecule has 0 aliphatic carbocycles. The van der Waals surface area contributed by atoms with Crippen molar-refractivity contribution in [2.45, 2.75) is 34.1 Å². The second-order valence-electron chi connectivity index (χ2n) is 1.06. The molecule has 0 saturated carbocycles. The van der Waals surface area contributed by atoms with Gasteiger partial charge in [-0.1, -0.05) is 14.9 Å². The Bertz CT molecular complexity index is 19.2. The summed E-state index contributed by atoms with van der Waals surface area (Å²) >= 11 is 0. The van der Waals surface area contributed by atoms with Crippen LogP contribution in [0.25, 0.3) is 0 Å². The molecule has 0 spiro atoms. The lowest BCUT2D eigenvalue weighted by molar-refractivity contribution is 0.864. The normalized spacial score (nSPS) is 4.45. The minimum Gasteiger partial charge on any atom is -0.343 e. The van der Waals surface area contributed by atoms with Gasteiger partial charge in [-0.3, -0.25) is 0 Å². The molecule has 0 aliphatic heterocycles. The van der Waals surface area contributed by atoms with E-state index in [-0.39, 0.29) is 14.9 Å². The van der Waals surface area contributed by atoms with Crippen LogP contribution >= 0.6 is 0 Å². The predicted molar refractivity (Wildman–Crippen MR) is 60.5 cm³/mol. The van der Waals surface area contributed by atoms with Gasteiger partial charge in [-0.25, -0.2) is 0 Å². The fraction of sp³-hybridized carbons (Fsp3) is 0.455. The standard InChI is InChI=1S/C5H10.2C2H4.2CH4/c1-3-5-4-2;2*1-2;;/h1-5H2;2*1-2H2;2*1H4. The van der Waals surface area contributed by atoms with Gasteiger partial charge in [-0.15, -0.1) is 26.3 Å². The highest BCUT2D eigenvalue weighted by Crippen LogP contribution is 1.87. The summed E-state index contributed by atoms with van der Waals surface area (Å²) in [4.78, 5) is 0. The molecular weight excluding hydrogens is 132 g/mol. The van der Waals surface area contributed by atoms with Crippen LogP contribution in [0.5, 0.6) is 0 Å². The summed E-state index contributed by atoms with van der Waals surface area (Å²) in [6.45, 7) is 19.3. The first kappa shape index (κ1) is 31.6. The van der Waals surface area contributed by atoms with Gasteiger partial charge in [0.05, 0.1) is 13.3 Å². The monoisotopic (exact) mass is 158 g/mol. The van der Waals surface area contributed by atoms with Crippen molar-refractivity contribution >= 4 is 0 Å². The Morgan fingerprint density at radius 1 is 1.00 bits per heavy atom. The Hall–Kier alpha value is -0.650. The average molecular weight is 158 g/mol. The van der Waals surface area contributed by atoms with Crippen LogP contribution in [0.2, 0.25) is 0 Å². The van der Waals surface area contributed by atoms with Crippen molar-refractivity contribution in [1.29, 1.82) is 0 Å². The molecule has 0 atom stereocenters. The van der Waals surface area contributed by atoms with Crippen LogP contribution in [0.15, 0.2) is 26.3 Å². The van der Waals surface area contributed by atoms with Crippen LogP contribution < -0.4 is 0 Å². The molecule has 0 unspecified atom stereocenters. The fourth-order valence-corrected chi connectivity index (χ4v) is 0.177. The molecule has 0 bridgehead atoms. The van der Waals surface area contributed by atoms with Gasteiger partial charge in [-0.05, 0) is 6.42 Å². The zero-order valence-electron chi connectivity index (χ0n) is 6.36. The largest absolute Gasteiger partial charge is 0.343 e. The molecule has 0 rings (SSSR count). The van der Waals surface area contributed by atoms with Gasteiger partial charge >= 0.3 is 0 Å².